The zero-order chi connectivity index (χ0) is 22.2. The van der Waals surface area contributed by atoms with Gasteiger partial charge in [-0.1, -0.05) is 12.1 Å². The van der Waals surface area contributed by atoms with E-state index in [1.54, 1.807) is 44.2 Å². The van der Waals surface area contributed by atoms with Gasteiger partial charge in [0.05, 0.1) is 6.26 Å². The SMILES string of the molecule is Cc1c(NCc2cccc(NC(=O)c3ccco3)c2)nn2c(C(F)(F)F)nnc2c1C. The van der Waals surface area contributed by atoms with Crippen LogP contribution in [0.2, 0.25) is 0 Å². The van der Waals surface area contributed by atoms with Crippen LogP contribution in [0.25, 0.3) is 5.65 Å². The maximum absolute atomic E-state index is 13.2. The highest BCUT2D eigenvalue weighted by molar-refractivity contribution is 6.02. The van der Waals surface area contributed by atoms with Crippen LogP contribution in [0.1, 0.15) is 33.1 Å². The molecule has 0 fully saturated rings. The molecule has 0 radical (unpaired) electrons. The topological polar surface area (TPSA) is 97.3 Å². The molecular weight excluding hydrogens is 413 g/mol. The van der Waals surface area contributed by atoms with Crippen molar-refractivity contribution >= 4 is 23.1 Å². The molecule has 4 aromatic rings. The minimum Gasteiger partial charge on any atom is -0.459 e. The summed E-state index contributed by atoms with van der Waals surface area (Å²) in [6.07, 6.45) is -3.27. The monoisotopic (exact) mass is 430 g/mol. The second kappa shape index (κ2) is 7.74. The summed E-state index contributed by atoms with van der Waals surface area (Å²) in [5, 5.41) is 16.7. The highest BCUT2D eigenvalue weighted by Crippen LogP contribution is 2.29. The summed E-state index contributed by atoms with van der Waals surface area (Å²) in [7, 11) is 0. The van der Waals surface area contributed by atoms with Crippen LogP contribution in [0.4, 0.5) is 24.7 Å². The van der Waals surface area contributed by atoms with Crippen molar-refractivity contribution in [2.24, 2.45) is 0 Å². The number of carbonyl (C=O) groups excluding carboxylic acids is 1. The van der Waals surface area contributed by atoms with Crippen LogP contribution in [0, 0.1) is 13.8 Å². The molecule has 3 heterocycles. The Kier molecular flexibility index (Phi) is 5.09. The van der Waals surface area contributed by atoms with E-state index in [0.717, 1.165) is 5.56 Å². The van der Waals surface area contributed by atoms with Gasteiger partial charge in [-0.2, -0.15) is 17.7 Å². The molecule has 0 aliphatic rings. The molecule has 3 aromatic heterocycles. The Balaban J connectivity index is 1.55. The number of alkyl halides is 3. The van der Waals surface area contributed by atoms with E-state index in [9.17, 15) is 18.0 Å². The van der Waals surface area contributed by atoms with Gasteiger partial charge >= 0.3 is 6.18 Å². The number of fused-ring (bicyclic) bond motifs is 1. The first kappa shape index (κ1) is 20.4. The maximum Gasteiger partial charge on any atom is 0.453 e. The molecule has 0 saturated heterocycles. The Morgan fingerprint density at radius 2 is 1.94 bits per heavy atom. The number of carbonyl (C=O) groups is 1. The molecule has 0 bridgehead atoms. The van der Waals surface area contributed by atoms with Crippen molar-refractivity contribution in [2.45, 2.75) is 26.6 Å². The van der Waals surface area contributed by atoms with Crippen LogP contribution in [0.5, 0.6) is 0 Å². The molecule has 160 valence electrons. The molecule has 0 aliphatic heterocycles. The van der Waals surface area contributed by atoms with Crippen LogP contribution in [-0.2, 0) is 12.7 Å². The Bertz CT molecular complexity index is 1250. The lowest BCUT2D eigenvalue weighted by molar-refractivity contribution is -0.146. The van der Waals surface area contributed by atoms with E-state index >= 15 is 0 Å². The minimum atomic E-state index is -4.67. The standard InChI is InChI=1S/C20H17F3N6O2/c1-11-12(2)17-26-27-19(20(21,22)23)29(17)28-16(11)24-10-13-5-3-6-14(9-13)25-18(30)15-7-4-8-31-15/h3-9H,10H2,1-2H3,(H,24,28)(H,25,30). The quantitative estimate of drug-likeness (QED) is 0.492. The van der Waals surface area contributed by atoms with E-state index in [2.05, 4.69) is 25.9 Å². The molecule has 0 spiro atoms. The van der Waals surface area contributed by atoms with Crippen molar-refractivity contribution in [2.75, 3.05) is 10.6 Å². The maximum atomic E-state index is 13.2. The van der Waals surface area contributed by atoms with Crippen molar-refractivity contribution in [1.82, 2.24) is 19.8 Å². The molecule has 11 heteroatoms. The number of rotatable bonds is 5. The molecule has 0 atom stereocenters. The molecule has 0 unspecified atom stereocenters. The third-order valence-electron chi connectivity index (χ3n) is 4.74. The van der Waals surface area contributed by atoms with Crippen molar-refractivity contribution in [3.8, 4) is 0 Å². The van der Waals surface area contributed by atoms with E-state index in [1.165, 1.54) is 6.26 Å². The Morgan fingerprint density at radius 1 is 1.13 bits per heavy atom. The van der Waals surface area contributed by atoms with Crippen LogP contribution < -0.4 is 10.6 Å². The number of anilines is 2. The second-order valence-corrected chi connectivity index (χ2v) is 6.84. The number of nitrogens with zero attached hydrogens (tertiary/aromatic N) is 4. The Morgan fingerprint density at radius 3 is 2.65 bits per heavy atom. The smallest absolute Gasteiger partial charge is 0.453 e. The summed E-state index contributed by atoms with van der Waals surface area (Å²) in [6.45, 7) is 3.68. The lowest BCUT2D eigenvalue weighted by Crippen LogP contribution is -2.15. The molecule has 0 saturated carbocycles. The van der Waals surface area contributed by atoms with Gasteiger partial charge in [0.15, 0.2) is 17.2 Å². The fourth-order valence-electron chi connectivity index (χ4n) is 3.02. The van der Waals surface area contributed by atoms with Crippen LogP contribution in [0.3, 0.4) is 0 Å². The molecular formula is C20H17F3N6O2. The number of furan rings is 1. The molecule has 31 heavy (non-hydrogen) atoms. The van der Waals surface area contributed by atoms with Gasteiger partial charge in [0.25, 0.3) is 11.7 Å². The largest absolute Gasteiger partial charge is 0.459 e. The van der Waals surface area contributed by atoms with E-state index in [0.29, 0.717) is 21.3 Å². The highest BCUT2D eigenvalue weighted by Gasteiger charge is 2.38. The number of aryl methyl sites for hydroxylation is 1. The number of hydrogen-bond acceptors (Lipinski definition) is 6. The van der Waals surface area contributed by atoms with Crippen LogP contribution in [0.15, 0.2) is 47.1 Å². The zero-order valence-electron chi connectivity index (χ0n) is 16.5. The van der Waals surface area contributed by atoms with Gasteiger partial charge in [0, 0.05) is 17.8 Å². The zero-order valence-corrected chi connectivity index (χ0v) is 16.5. The van der Waals surface area contributed by atoms with Gasteiger partial charge in [-0.05, 0) is 49.2 Å². The summed E-state index contributed by atoms with van der Waals surface area (Å²) >= 11 is 0. The normalized spacial score (nSPS) is 11.6. The average molecular weight is 430 g/mol. The molecule has 1 amide bonds. The summed E-state index contributed by atoms with van der Waals surface area (Å²) < 4.78 is 45.3. The highest BCUT2D eigenvalue weighted by atomic mass is 19.4. The van der Waals surface area contributed by atoms with Crippen molar-refractivity contribution in [3.63, 3.8) is 0 Å². The Hall–Kier alpha value is -3.89. The lowest BCUT2D eigenvalue weighted by Gasteiger charge is -2.13. The van der Waals surface area contributed by atoms with Gasteiger partial charge < -0.3 is 15.1 Å². The third kappa shape index (κ3) is 4.06. The summed E-state index contributed by atoms with van der Waals surface area (Å²) in [4.78, 5) is 12.1. The van der Waals surface area contributed by atoms with Gasteiger partial charge in [-0.25, -0.2) is 0 Å². The van der Waals surface area contributed by atoms with E-state index < -0.39 is 12.0 Å². The lowest BCUT2D eigenvalue weighted by atomic mass is 10.1. The van der Waals surface area contributed by atoms with Crippen LogP contribution in [-0.4, -0.2) is 25.7 Å². The van der Waals surface area contributed by atoms with Crippen molar-refractivity contribution in [1.29, 1.82) is 0 Å². The van der Waals surface area contributed by atoms with Gasteiger partial charge in [0.1, 0.15) is 0 Å². The van der Waals surface area contributed by atoms with Crippen LogP contribution >= 0.6 is 0 Å². The first-order valence-electron chi connectivity index (χ1n) is 9.21. The number of nitrogens with one attached hydrogen (secondary N) is 2. The van der Waals surface area contributed by atoms with Gasteiger partial charge in [-0.3, -0.25) is 4.79 Å². The first-order valence-corrected chi connectivity index (χ1v) is 9.21. The van der Waals surface area contributed by atoms with Crippen molar-refractivity contribution in [3.05, 3.63) is 70.9 Å². The predicted octanol–water partition coefficient (Wildman–Crippen LogP) is 4.22. The fraction of sp³-hybridized carbons (Fsp3) is 0.200. The number of halogens is 3. The molecule has 8 nitrogen and oxygen atoms in total. The predicted molar refractivity (Wildman–Crippen MR) is 106 cm³/mol. The van der Waals surface area contributed by atoms with Crippen molar-refractivity contribution < 1.29 is 22.4 Å². The summed E-state index contributed by atoms with van der Waals surface area (Å²) in [6, 6.07) is 10.2. The first-order chi connectivity index (χ1) is 14.7. The number of benzene rings is 1. The number of hydrogen-bond donors (Lipinski definition) is 2. The molecule has 4 rings (SSSR count). The second-order valence-electron chi connectivity index (χ2n) is 6.84. The molecule has 2 N–H and O–H groups in total. The molecule has 1 aromatic carbocycles. The summed E-state index contributed by atoms with van der Waals surface area (Å²) in [5.74, 6) is -1.11. The summed E-state index contributed by atoms with van der Waals surface area (Å²) in [5.41, 5.74) is 2.60. The minimum absolute atomic E-state index is 0.0537. The van der Waals surface area contributed by atoms with E-state index in [4.69, 9.17) is 4.42 Å². The van der Waals surface area contributed by atoms with Gasteiger partial charge in [-0.15, -0.1) is 15.3 Å². The molecule has 0 aliphatic carbocycles. The van der Waals surface area contributed by atoms with E-state index in [-0.39, 0.29) is 29.7 Å². The number of amides is 1. The fourth-order valence-corrected chi connectivity index (χ4v) is 3.02. The number of aromatic nitrogens is 4. The van der Waals surface area contributed by atoms with E-state index in [1.807, 2.05) is 6.07 Å². The van der Waals surface area contributed by atoms with Gasteiger partial charge in [0.2, 0.25) is 0 Å². The Labute approximate surface area is 174 Å². The third-order valence-corrected chi connectivity index (χ3v) is 4.74. The average Bonchev–Trinajstić information content (AvgIpc) is 3.39.